The van der Waals surface area contributed by atoms with Gasteiger partial charge in [-0.15, -0.1) is 0 Å². The topological polar surface area (TPSA) is 65.1 Å². The third kappa shape index (κ3) is 2.88. The number of nitrogens with zero attached hydrogens (tertiary/aromatic N) is 4. The van der Waals surface area contributed by atoms with E-state index < -0.39 is 0 Å². The van der Waals surface area contributed by atoms with Crippen LogP contribution in [0.1, 0.15) is 37.4 Å². The predicted molar refractivity (Wildman–Crippen MR) is 91.4 cm³/mol. The van der Waals surface area contributed by atoms with Gasteiger partial charge in [0.25, 0.3) is 0 Å². The quantitative estimate of drug-likeness (QED) is 0.941. The third-order valence-corrected chi connectivity index (χ3v) is 5.12. The van der Waals surface area contributed by atoms with Gasteiger partial charge in [-0.3, -0.25) is 4.79 Å². The Labute approximate surface area is 141 Å². The van der Waals surface area contributed by atoms with Crippen LogP contribution in [0.25, 0.3) is 0 Å². The van der Waals surface area contributed by atoms with E-state index in [4.69, 9.17) is 0 Å². The summed E-state index contributed by atoms with van der Waals surface area (Å²) >= 11 is 0. The molecule has 0 aromatic carbocycles. The summed E-state index contributed by atoms with van der Waals surface area (Å²) in [4.78, 5) is 29.3. The monoisotopic (exact) mass is 325 g/mol. The van der Waals surface area contributed by atoms with Gasteiger partial charge in [0.15, 0.2) is 0 Å². The van der Waals surface area contributed by atoms with Gasteiger partial charge in [0, 0.05) is 43.9 Å². The number of hydrogen-bond acceptors (Lipinski definition) is 4. The van der Waals surface area contributed by atoms with Crippen molar-refractivity contribution in [2.45, 2.75) is 31.7 Å². The molecule has 24 heavy (non-hydrogen) atoms. The number of amides is 1. The average molecular weight is 325 g/mol. The van der Waals surface area contributed by atoms with Crippen LogP contribution in [0.2, 0.25) is 0 Å². The second-order valence-electron chi connectivity index (χ2n) is 6.65. The molecule has 0 bridgehead atoms. The zero-order valence-corrected chi connectivity index (χ0v) is 13.8. The van der Waals surface area contributed by atoms with E-state index in [2.05, 4.69) is 30.8 Å². The Bertz CT molecular complexity index is 672. The van der Waals surface area contributed by atoms with Gasteiger partial charge in [-0.1, -0.05) is 0 Å². The van der Waals surface area contributed by atoms with Gasteiger partial charge in [-0.05, 0) is 43.9 Å². The molecule has 2 aromatic heterocycles. The fraction of sp³-hybridized carbons (Fsp3) is 0.500. The SMILES string of the molecule is O=C([C@H]1CCCN(c2ncccn2)C1)N1CCC[C@H]1c1ccc[nH]1. The van der Waals surface area contributed by atoms with Crippen molar-refractivity contribution < 1.29 is 4.79 Å². The number of hydrogen-bond donors (Lipinski definition) is 1. The molecule has 4 heterocycles. The number of piperidine rings is 1. The number of anilines is 1. The highest BCUT2D eigenvalue weighted by Gasteiger charge is 2.36. The van der Waals surface area contributed by atoms with Gasteiger partial charge >= 0.3 is 0 Å². The van der Waals surface area contributed by atoms with Gasteiger partial charge in [-0.25, -0.2) is 9.97 Å². The molecule has 2 saturated heterocycles. The number of carbonyl (C=O) groups is 1. The van der Waals surface area contributed by atoms with E-state index in [9.17, 15) is 4.79 Å². The molecule has 0 aliphatic carbocycles. The lowest BCUT2D eigenvalue weighted by Crippen LogP contribution is -2.45. The highest BCUT2D eigenvalue weighted by molar-refractivity contribution is 5.80. The molecule has 6 nitrogen and oxygen atoms in total. The summed E-state index contributed by atoms with van der Waals surface area (Å²) in [6.07, 6.45) is 9.54. The molecule has 2 aliphatic heterocycles. The summed E-state index contributed by atoms with van der Waals surface area (Å²) in [6.45, 7) is 2.51. The zero-order valence-electron chi connectivity index (χ0n) is 13.8. The second kappa shape index (κ2) is 6.63. The van der Waals surface area contributed by atoms with Crippen LogP contribution < -0.4 is 4.90 Å². The molecule has 6 heteroatoms. The molecule has 126 valence electrons. The third-order valence-electron chi connectivity index (χ3n) is 5.12. The van der Waals surface area contributed by atoms with Crippen molar-refractivity contribution in [2.24, 2.45) is 5.92 Å². The first-order chi connectivity index (χ1) is 11.8. The molecule has 1 N–H and O–H groups in total. The summed E-state index contributed by atoms with van der Waals surface area (Å²) in [5, 5.41) is 0. The van der Waals surface area contributed by atoms with Crippen molar-refractivity contribution in [2.75, 3.05) is 24.5 Å². The normalized spacial score (nSPS) is 24.3. The Hall–Kier alpha value is -2.37. The summed E-state index contributed by atoms with van der Waals surface area (Å²) in [7, 11) is 0. The summed E-state index contributed by atoms with van der Waals surface area (Å²) in [6, 6.07) is 6.12. The minimum absolute atomic E-state index is 0.0399. The van der Waals surface area contributed by atoms with Crippen LogP contribution in [0.4, 0.5) is 5.95 Å². The molecular formula is C18H23N5O. The molecule has 0 spiro atoms. The first-order valence-corrected chi connectivity index (χ1v) is 8.78. The number of H-pyrrole nitrogens is 1. The lowest BCUT2D eigenvalue weighted by Gasteiger charge is -2.35. The fourth-order valence-electron chi connectivity index (χ4n) is 3.95. The number of carbonyl (C=O) groups excluding carboxylic acids is 1. The average Bonchev–Trinajstić information content (AvgIpc) is 3.33. The van der Waals surface area contributed by atoms with Crippen LogP contribution in [-0.4, -0.2) is 45.4 Å². The Kier molecular flexibility index (Phi) is 4.19. The summed E-state index contributed by atoms with van der Waals surface area (Å²) < 4.78 is 0. The van der Waals surface area contributed by atoms with Crippen molar-refractivity contribution >= 4 is 11.9 Å². The Morgan fingerprint density at radius 3 is 2.75 bits per heavy atom. The van der Waals surface area contributed by atoms with Crippen molar-refractivity contribution in [3.8, 4) is 0 Å². The number of rotatable bonds is 3. The molecule has 0 unspecified atom stereocenters. The van der Waals surface area contributed by atoms with E-state index in [1.165, 1.54) is 0 Å². The largest absolute Gasteiger partial charge is 0.363 e. The Balaban J connectivity index is 1.47. The van der Waals surface area contributed by atoms with Crippen molar-refractivity contribution in [3.05, 3.63) is 42.5 Å². The molecule has 2 atom stereocenters. The van der Waals surface area contributed by atoms with E-state index in [0.29, 0.717) is 0 Å². The molecule has 0 saturated carbocycles. The zero-order chi connectivity index (χ0) is 16.4. The number of aromatic amines is 1. The van der Waals surface area contributed by atoms with Crippen molar-refractivity contribution in [3.63, 3.8) is 0 Å². The van der Waals surface area contributed by atoms with Crippen molar-refractivity contribution in [1.29, 1.82) is 0 Å². The molecule has 2 aliphatic rings. The van der Waals surface area contributed by atoms with E-state index >= 15 is 0 Å². The molecule has 0 radical (unpaired) electrons. The van der Waals surface area contributed by atoms with Gasteiger partial charge in [0.2, 0.25) is 11.9 Å². The maximum absolute atomic E-state index is 13.1. The smallest absolute Gasteiger partial charge is 0.228 e. The second-order valence-corrected chi connectivity index (χ2v) is 6.65. The van der Waals surface area contributed by atoms with Crippen LogP contribution in [-0.2, 0) is 4.79 Å². The summed E-state index contributed by atoms with van der Waals surface area (Å²) in [5.74, 6) is 1.06. The molecular weight excluding hydrogens is 302 g/mol. The van der Waals surface area contributed by atoms with Crippen LogP contribution >= 0.6 is 0 Å². The van der Waals surface area contributed by atoms with Gasteiger partial charge in [-0.2, -0.15) is 0 Å². The standard InChI is InChI=1S/C18H23N5O/c24-17(23-12-3-7-16(23)15-6-1-8-19-15)14-5-2-11-22(13-14)18-20-9-4-10-21-18/h1,4,6,8-10,14,16,19H,2-3,5,7,11-13H2/t14-,16-/m0/s1. The van der Waals surface area contributed by atoms with E-state index in [1.54, 1.807) is 12.4 Å². The van der Waals surface area contributed by atoms with Crippen LogP contribution in [0.5, 0.6) is 0 Å². The molecule has 2 aromatic rings. The van der Waals surface area contributed by atoms with Gasteiger partial charge < -0.3 is 14.8 Å². The number of aromatic nitrogens is 3. The van der Waals surface area contributed by atoms with E-state index in [1.807, 2.05) is 18.3 Å². The predicted octanol–water partition coefficient (Wildman–Crippen LogP) is 2.38. The lowest BCUT2D eigenvalue weighted by molar-refractivity contribution is -0.136. The number of nitrogens with one attached hydrogen (secondary N) is 1. The van der Waals surface area contributed by atoms with Gasteiger partial charge in [0.05, 0.1) is 12.0 Å². The first-order valence-electron chi connectivity index (χ1n) is 8.78. The van der Waals surface area contributed by atoms with Crippen LogP contribution in [0.15, 0.2) is 36.8 Å². The molecule has 2 fully saturated rings. The maximum atomic E-state index is 13.1. The minimum atomic E-state index is 0.0399. The Morgan fingerprint density at radius 1 is 1.12 bits per heavy atom. The Morgan fingerprint density at radius 2 is 1.96 bits per heavy atom. The van der Waals surface area contributed by atoms with E-state index in [-0.39, 0.29) is 17.9 Å². The summed E-state index contributed by atoms with van der Waals surface area (Å²) in [5.41, 5.74) is 1.15. The van der Waals surface area contributed by atoms with Crippen LogP contribution in [0.3, 0.4) is 0 Å². The number of likely N-dealkylation sites (tertiary alicyclic amines) is 1. The van der Waals surface area contributed by atoms with E-state index in [0.717, 1.165) is 57.0 Å². The molecule has 4 rings (SSSR count). The van der Waals surface area contributed by atoms with Crippen LogP contribution in [0, 0.1) is 5.92 Å². The molecule has 1 amide bonds. The highest BCUT2D eigenvalue weighted by Crippen LogP contribution is 2.33. The first kappa shape index (κ1) is 15.2. The van der Waals surface area contributed by atoms with Gasteiger partial charge in [0.1, 0.15) is 0 Å². The lowest BCUT2D eigenvalue weighted by atomic mass is 9.96. The highest BCUT2D eigenvalue weighted by atomic mass is 16.2. The van der Waals surface area contributed by atoms with Crippen molar-refractivity contribution in [1.82, 2.24) is 19.9 Å². The minimum Gasteiger partial charge on any atom is -0.363 e. The fourth-order valence-corrected chi connectivity index (χ4v) is 3.95. The maximum Gasteiger partial charge on any atom is 0.228 e.